The van der Waals surface area contributed by atoms with E-state index in [1.807, 2.05) is 0 Å². The van der Waals surface area contributed by atoms with Gasteiger partial charge in [-0.3, -0.25) is 4.90 Å². The molecule has 0 radical (unpaired) electrons. The lowest BCUT2D eigenvalue weighted by molar-refractivity contribution is 0.174. The van der Waals surface area contributed by atoms with Crippen LogP contribution in [0.15, 0.2) is 0 Å². The first kappa shape index (κ1) is 12.0. The lowest BCUT2D eigenvalue weighted by atomic mass is 9.97. The van der Waals surface area contributed by atoms with E-state index in [4.69, 9.17) is 0 Å². The molecule has 3 aliphatic rings. The van der Waals surface area contributed by atoms with E-state index in [-0.39, 0.29) is 0 Å². The lowest BCUT2D eigenvalue weighted by Crippen LogP contribution is -2.48. The van der Waals surface area contributed by atoms with Crippen LogP contribution in [0, 0.1) is 5.92 Å². The van der Waals surface area contributed by atoms with Gasteiger partial charge in [0, 0.05) is 24.7 Å². The summed E-state index contributed by atoms with van der Waals surface area (Å²) in [4.78, 5) is 2.74. The fourth-order valence-electron chi connectivity index (χ4n) is 3.85. The third-order valence-electron chi connectivity index (χ3n) is 5.11. The smallest absolute Gasteiger partial charge is 0.0249 e. The quantitative estimate of drug-likeness (QED) is 0.789. The van der Waals surface area contributed by atoms with E-state index >= 15 is 0 Å². The van der Waals surface area contributed by atoms with Crippen LogP contribution in [-0.4, -0.2) is 36.1 Å². The Morgan fingerprint density at radius 2 is 2.00 bits per heavy atom. The van der Waals surface area contributed by atoms with Gasteiger partial charge in [0.2, 0.25) is 0 Å². The molecule has 0 amide bonds. The molecule has 3 fully saturated rings. The van der Waals surface area contributed by atoms with Gasteiger partial charge < -0.3 is 5.32 Å². The van der Waals surface area contributed by atoms with Crippen molar-refractivity contribution in [3.63, 3.8) is 0 Å². The van der Waals surface area contributed by atoms with E-state index in [1.165, 1.54) is 64.5 Å². The minimum absolute atomic E-state index is 0.800. The number of hydrogen-bond donors (Lipinski definition) is 1. The Bertz CT molecular complexity index is 249. The second kappa shape index (κ2) is 5.27. The molecule has 17 heavy (non-hydrogen) atoms. The summed E-state index contributed by atoms with van der Waals surface area (Å²) in [7, 11) is 0. The van der Waals surface area contributed by atoms with Crippen molar-refractivity contribution in [1.82, 2.24) is 10.2 Å². The molecule has 3 rings (SSSR count). The maximum absolute atomic E-state index is 3.99. The number of rotatable bonds is 5. The highest BCUT2D eigenvalue weighted by atomic mass is 15.2. The van der Waals surface area contributed by atoms with Crippen molar-refractivity contribution in [3.8, 4) is 0 Å². The third kappa shape index (κ3) is 2.85. The minimum Gasteiger partial charge on any atom is -0.310 e. The van der Waals surface area contributed by atoms with E-state index in [0.29, 0.717) is 0 Å². The molecule has 3 atom stereocenters. The lowest BCUT2D eigenvalue weighted by Gasteiger charge is -2.34. The molecule has 3 unspecified atom stereocenters. The number of fused-ring (bicyclic) bond motifs is 1. The molecule has 2 heterocycles. The topological polar surface area (TPSA) is 15.3 Å². The first-order chi connectivity index (χ1) is 8.36. The summed E-state index contributed by atoms with van der Waals surface area (Å²) in [5.74, 6) is 1.07. The zero-order chi connectivity index (χ0) is 11.7. The van der Waals surface area contributed by atoms with Crippen molar-refractivity contribution in [2.24, 2.45) is 5.92 Å². The van der Waals surface area contributed by atoms with Gasteiger partial charge in [0.25, 0.3) is 0 Å². The molecular weight excluding hydrogens is 208 g/mol. The normalized spacial score (nSPS) is 35.8. The molecule has 0 spiro atoms. The van der Waals surface area contributed by atoms with Crippen molar-refractivity contribution in [2.75, 3.05) is 13.1 Å². The van der Waals surface area contributed by atoms with E-state index in [2.05, 4.69) is 17.1 Å². The summed E-state index contributed by atoms with van der Waals surface area (Å²) in [6, 6.07) is 2.48. The van der Waals surface area contributed by atoms with E-state index in [0.717, 1.165) is 24.0 Å². The molecular formula is C15H28N2. The Balaban J connectivity index is 1.52. The highest BCUT2D eigenvalue weighted by molar-refractivity contribution is 4.95. The number of hydrogen-bond acceptors (Lipinski definition) is 2. The molecule has 0 aromatic carbocycles. The predicted molar refractivity (Wildman–Crippen MR) is 72.2 cm³/mol. The summed E-state index contributed by atoms with van der Waals surface area (Å²) in [6.45, 7) is 5.07. The van der Waals surface area contributed by atoms with Crippen LogP contribution in [0.1, 0.15) is 58.3 Å². The summed E-state index contributed by atoms with van der Waals surface area (Å²) < 4.78 is 0. The standard InChI is InChI=1S/C15H28N2/c1-2-13(11-12-6-7-12)16-14-8-10-17-9-4-3-5-15(14)17/h12-16H,2-11H2,1H3. The predicted octanol–water partition coefficient (Wildman–Crippen LogP) is 2.78. The monoisotopic (exact) mass is 236 g/mol. The van der Waals surface area contributed by atoms with Crippen LogP contribution in [0.2, 0.25) is 0 Å². The fraction of sp³-hybridized carbons (Fsp3) is 1.00. The second-order valence-corrected chi connectivity index (χ2v) is 6.45. The van der Waals surface area contributed by atoms with E-state index in [9.17, 15) is 0 Å². The van der Waals surface area contributed by atoms with Crippen LogP contribution < -0.4 is 5.32 Å². The van der Waals surface area contributed by atoms with Gasteiger partial charge in [-0.1, -0.05) is 26.2 Å². The van der Waals surface area contributed by atoms with Gasteiger partial charge in [-0.05, 0) is 44.6 Å². The molecule has 2 heteroatoms. The van der Waals surface area contributed by atoms with Crippen LogP contribution in [0.25, 0.3) is 0 Å². The fourth-order valence-corrected chi connectivity index (χ4v) is 3.85. The molecule has 2 saturated heterocycles. The van der Waals surface area contributed by atoms with Crippen LogP contribution in [0.5, 0.6) is 0 Å². The van der Waals surface area contributed by atoms with Crippen LogP contribution >= 0.6 is 0 Å². The van der Waals surface area contributed by atoms with Crippen molar-refractivity contribution in [1.29, 1.82) is 0 Å². The van der Waals surface area contributed by atoms with Gasteiger partial charge in [0.05, 0.1) is 0 Å². The van der Waals surface area contributed by atoms with Crippen LogP contribution in [-0.2, 0) is 0 Å². The van der Waals surface area contributed by atoms with Gasteiger partial charge in [-0.15, -0.1) is 0 Å². The Morgan fingerprint density at radius 3 is 2.76 bits per heavy atom. The Labute approximate surface area is 106 Å². The third-order valence-corrected chi connectivity index (χ3v) is 5.11. The van der Waals surface area contributed by atoms with Gasteiger partial charge in [0.15, 0.2) is 0 Å². The molecule has 98 valence electrons. The molecule has 0 aromatic rings. The van der Waals surface area contributed by atoms with Gasteiger partial charge in [-0.2, -0.15) is 0 Å². The second-order valence-electron chi connectivity index (χ2n) is 6.45. The molecule has 1 N–H and O–H groups in total. The van der Waals surface area contributed by atoms with E-state index < -0.39 is 0 Å². The first-order valence-corrected chi connectivity index (χ1v) is 7.87. The Hall–Kier alpha value is -0.0800. The maximum atomic E-state index is 3.99. The average molecular weight is 236 g/mol. The summed E-state index contributed by atoms with van der Waals surface area (Å²) in [5, 5.41) is 3.99. The molecule has 1 saturated carbocycles. The van der Waals surface area contributed by atoms with Gasteiger partial charge >= 0.3 is 0 Å². The van der Waals surface area contributed by atoms with Crippen molar-refractivity contribution in [2.45, 2.75) is 76.4 Å². The van der Waals surface area contributed by atoms with Crippen molar-refractivity contribution < 1.29 is 0 Å². The van der Waals surface area contributed by atoms with Gasteiger partial charge in [-0.25, -0.2) is 0 Å². The maximum Gasteiger partial charge on any atom is 0.0249 e. The minimum atomic E-state index is 0.800. The number of piperidine rings is 1. The summed E-state index contributed by atoms with van der Waals surface area (Å²) >= 11 is 0. The van der Waals surface area contributed by atoms with Crippen LogP contribution in [0.4, 0.5) is 0 Å². The molecule has 2 aliphatic heterocycles. The average Bonchev–Trinajstić information content (AvgIpc) is 3.09. The Kier molecular flexibility index (Phi) is 3.72. The van der Waals surface area contributed by atoms with Crippen molar-refractivity contribution >= 4 is 0 Å². The highest BCUT2D eigenvalue weighted by Gasteiger charge is 2.36. The summed E-state index contributed by atoms with van der Waals surface area (Å²) in [6.07, 6.45) is 11.5. The highest BCUT2D eigenvalue weighted by Crippen LogP contribution is 2.35. The number of nitrogens with one attached hydrogen (secondary N) is 1. The summed E-state index contributed by atoms with van der Waals surface area (Å²) in [5.41, 5.74) is 0. The molecule has 2 nitrogen and oxygen atoms in total. The zero-order valence-electron chi connectivity index (χ0n) is 11.3. The van der Waals surface area contributed by atoms with Crippen LogP contribution in [0.3, 0.4) is 0 Å². The zero-order valence-corrected chi connectivity index (χ0v) is 11.3. The van der Waals surface area contributed by atoms with Crippen molar-refractivity contribution in [3.05, 3.63) is 0 Å². The largest absolute Gasteiger partial charge is 0.310 e. The molecule has 1 aliphatic carbocycles. The molecule has 0 bridgehead atoms. The Morgan fingerprint density at radius 1 is 1.12 bits per heavy atom. The molecule has 0 aromatic heterocycles. The SMILES string of the molecule is CCC(CC1CC1)NC1CCN2CCCCC12. The first-order valence-electron chi connectivity index (χ1n) is 7.87. The van der Waals surface area contributed by atoms with Gasteiger partial charge in [0.1, 0.15) is 0 Å². The van der Waals surface area contributed by atoms with E-state index in [1.54, 1.807) is 0 Å². The number of nitrogens with zero attached hydrogens (tertiary/aromatic N) is 1.